The SMILES string of the molecule is Cc1ccc(N=C2NC(=O)/C(=C\c3cc(Br)c(O)c([N+](=O)[O-])c3)S2)cc1. The molecule has 1 saturated heterocycles. The summed E-state index contributed by atoms with van der Waals surface area (Å²) in [6.45, 7) is 1.97. The smallest absolute Gasteiger partial charge is 0.312 e. The van der Waals surface area contributed by atoms with E-state index in [4.69, 9.17) is 0 Å². The van der Waals surface area contributed by atoms with Gasteiger partial charge in [0.05, 0.1) is 20.0 Å². The Morgan fingerprint density at radius 2 is 2.00 bits per heavy atom. The number of phenolic OH excluding ortho intramolecular Hbond substituents is 1. The van der Waals surface area contributed by atoms with Crippen LogP contribution in [0.4, 0.5) is 11.4 Å². The second-order valence-electron chi connectivity index (χ2n) is 5.44. The zero-order valence-corrected chi connectivity index (χ0v) is 15.8. The molecule has 26 heavy (non-hydrogen) atoms. The number of amidine groups is 1. The second kappa shape index (κ2) is 7.30. The van der Waals surface area contributed by atoms with Crippen molar-refractivity contribution in [3.63, 3.8) is 0 Å². The van der Waals surface area contributed by atoms with Crippen LogP contribution >= 0.6 is 27.7 Å². The van der Waals surface area contributed by atoms with E-state index in [-0.39, 0.29) is 10.4 Å². The van der Waals surface area contributed by atoms with E-state index in [1.165, 1.54) is 18.2 Å². The van der Waals surface area contributed by atoms with Crippen molar-refractivity contribution >= 4 is 56.2 Å². The van der Waals surface area contributed by atoms with Crippen LogP contribution in [0.3, 0.4) is 0 Å². The number of rotatable bonds is 3. The number of carbonyl (C=O) groups excluding carboxylic acids is 1. The minimum absolute atomic E-state index is 0.176. The third-order valence-electron chi connectivity index (χ3n) is 3.48. The van der Waals surface area contributed by atoms with Crippen molar-refractivity contribution in [2.75, 3.05) is 0 Å². The van der Waals surface area contributed by atoms with Gasteiger partial charge >= 0.3 is 5.69 Å². The fourth-order valence-corrected chi connectivity index (χ4v) is 3.51. The highest BCUT2D eigenvalue weighted by molar-refractivity contribution is 9.10. The average Bonchev–Trinajstić information content (AvgIpc) is 2.92. The Bertz CT molecular complexity index is 971. The number of aliphatic imine (C=N–C) groups is 1. The largest absolute Gasteiger partial charge is 0.501 e. The predicted octanol–water partition coefficient (Wildman–Crippen LogP) is 4.26. The molecule has 2 aromatic rings. The predicted molar refractivity (Wildman–Crippen MR) is 104 cm³/mol. The Morgan fingerprint density at radius 3 is 2.65 bits per heavy atom. The molecule has 0 bridgehead atoms. The third-order valence-corrected chi connectivity index (χ3v) is 4.99. The van der Waals surface area contributed by atoms with Crippen LogP contribution in [-0.2, 0) is 4.79 Å². The Labute approximate surface area is 161 Å². The second-order valence-corrected chi connectivity index (χ2v) is 7.33. The fraction of sp³-hybridized carbons (Fsp3) is 0.0588. The van der Waals surface area contributed by atoms with Gasteiger partial charge in [0.2, 0.25) is 5.75 Å². The number of nitrogens with one attached hydrogen (secondary N) is 1. The lowest BCUT2D eigenvalue weighted by Gasteiger charge is -2.01. The van der Waals surface area contributed by atoms with E-state index in [1.807, 2.05) is 31.2 Å². The zero-order chi connectivity index (χ0) is 18.8. The van der Waals surface area contributed by atoms with Crippen LogP contribution in [-0.4, -0.2) is 21.1 Å². The molecule has 0 aliphatic carbocycles. The number of thioether (sulfide) groups is 1. The Kier molecular flexibility index (Phi) is 5.10. The van der Waals surface area contributed by atoms with Crippen molar-refractivity contribution in [1.29, 1.82) is 0 Å². The minimum Gasteiger partial charge on any atom is -0.501 e. The minimum atomic E-state index is -0.686. The van der Waals surface area contributed by atoms with E-state index < -0.39 is 16.4 Å². The van der Waals surface area contributed by atoms with Gasteiger partial charge in [-0.05, 0) is 64.5 Å². The molecule has 1 aliphatic heterocycles. The molecule has 1 amide bonds. The molecule has 0 radical (unpaired) electrons. The maximum Gasteiger partial charge on any atom is 0.312 e. The number of hydrogen-bond acceptors (Lipinski definition) is 6. The number of aryl methyl sites for hydroxylation is 1. The topological polar surface area (TPSA) is 105 Å². The number of benzene rings is 2. The van der Waals surface area contributed by atoms with Crippen LogP contribution in [0.1, 0.15) is 11.1 Å². The molecule has 7 nitrogen and oxygen atoms in total. The molecule has 132 valence electrons. The Balaban J connectivity index is 1.89. The van der Waals surface area contributed by atoms with Crippen LogP contribution in [0.2, 0.25) is 0 Å². The number of phenols is 1. The van der Waals surface area contributed by atoms with Crippen LogP contribution in [0.25, 0.3) is 6.08 Å². The van der Waals surface area contributed by atoms with E-state index >= 15 is 0 Å². The van der Waals surface area contributed by atoms with Crippen molar-refractivity contribution in [2.45, 2.75) is 6.92 Å². The number of halogens is 1. The lowest BCUT2D eigenvalue weighted by atomic mass is 10.1. The fourth-order valence-electron chi connectivity index (χ4n) is 2.20. The van der Waals surface area contributed by atoms with Gasteiger partial charge in [-0.15, -0.1) is 0 Å². The first kappa shape index (κ1) is 18.2. The molecule has 0 aromatic heterocycles. The van der Waals surface area contributed by atoms with E-state index in [0.29, 0.717) is 21.3 Å². The number of hydrogen-bond donors (Lipinski definition) is 2. The van der Waals surface area contributed by atoms with E-state index in [2.05, 4.69) is 26.2 Å². The highest BCUT2D eigenvalue weighted by Gasteiger charge is 2.25. The number of nitrogens with zero attached hydrogens (tertiary/aromatic N) is 2. The molecule has 0 saturated carbocycles. The first-order valence-electron chi connectivity index (χ1n) is 7.36. The van der Waals surface area contributed by atoms with Crippen LogP contribution in [0, 0.1) is 17.0 Å². The molecular formula is C17H12BrN3O4S. The van der Waals surface area contributed by atoms with E-state index in [0.717, 1.165) is 17.3 Å². The summed E-state index contributed by atoms with van der Waals surface area (Å²) in [5, 5.41) is 23.8. The summed E-state index contributed by atoms with van der Waals surface area (Å²) < 4.78 is 0.176. The summed E-state index contributed by atoms with van der Waals surface area (Å²) in [6.07, 6.45) is 1.51. The third kappa shape index (κ3) is 3.94. The molecule has 1 fully saturated rings. The highest BCUT2D eigenvalue weighted by atomic mass is 79.9. The standard InChI is InChI=1S/C17H12BrN3O4S/c1-9-2-4-11(5-3-9)19-17-20-16(23)14(26-17)8-10-6-12(18)15(22)13(7-10)21(24)25/h2-8,22H,1H3,(H,19,20,23)/b14-8+. The number of nitro benzene ring substituents is 1. The first-order valence-corrected chi connectivity index (χ1v) is 8.97. The van der Waals surface area contributed by atoms with Gasteiger partial charge in [0, 0.05) is 6.07 Å². The average molecular weight is 434 g/mol. The van der Waals surface area contributed by atoms with Gasteiger partial charge in [-0.3, -0.25) is 14.9 Å². The van der Waals surface area contributed by atoms with Crippen molar-refractivity contribution in [3.05, 3.63) is 67.0 Å². The molecule has 1 heterocycles. The summed E-state index contributed by atoms with van der Waals surface area (Å²) in [5.74, 6) is -0.796. The summed E-state index contributed by atoms with van der Waals surface area (Å²) in [4.78, 5) is 27.2. The Morgan fingerprint density at radius 1 is 1.31 bits per heavy atom. The first-order chi connectivity index (χ1) is 12.3. The molecule has 2 aromatic carbocycles. The van der Waals surface area contributed by atoms with Gasteiger partial charge in [0.15, 0.2) is 5.17 Å². The highest BCUT2D eigenvalue weighted by Crippen LogP contribution is 2.37. The summed E-state index contributed by atoms with van der Waals surface area (Å²) >= 11 is 4.22. The summed E-state index contributed by atoms with van der Waals surface area (Å²) in [7, 11) is 0. The lowest BCUT2D eigenvalue weighted by molar-refractivity contribution is -0.386. The number of amides is 1. The number of nitro groups is 1. The molecule has 3 rings (SSSR count). The van der Waals surface area contributed by atoms with Crippen molar-refractivity contribution in [3.8, 4) is 5.75 Å². The summed E-state index contributed by atoms with van der Waals surface area (Å²) in [6, 6.07) is 10.2. The van der Waals surface area contributed by atoms with E-state index in [9.17, 15) is 20.0 Å². The van der Waals surface area contributed by atoms with Crippen molar-refractivity contribution in [2.24, 2.45) is 4.99 Å². The van der Waals surface area contributed by atoms with Gasteiger partial charge in [-0.2, -0.15) is 0 Å². The van der Waals surface area contributed by atoms with Gasteiger partial charge in [0.25, 0.3) is 5.91 Å². The normalized spacial score (nSPS) is 16.9. The molecular weight excluding hydrogens is 422 g/mol. The van der Waals surface area contributed by atoms with Gasteiger partial charge in [0.1, 0.15) is 0 Å². The molecule has 0 unspecified atom stereocenters. The number of aromatic hydroxyl groups is 1. The van der Waals surface area contributed by atoms with Crippen molar-refractivity contribution in [1.82, 2.24) is 5.32 Å². The molecule has 2 N–H and O–H groups in total. The van der Waals surface area contributed by atoms with Gasteiger partial charge < -0.3 is 10.4 Å². The monoisotopic (exact) mass is 433 g/mol. The van der Waals surface area contributed by atoms with Crippen LogP contribution in [0.5, 0.6) is 5.75 Å². The molecule has 1 aliphatic rings. The number of carbonyl (C=O) groups is 1. The molecule has 0 atom stereocenters. The quantitative estimate of drug-likeness (QED) is 0.427. The Hall–Kier alpha value is -2.65. The van der Waals surface area contributed by atoms with Gasteiger partial charge in [-0.1, -0.05) is 17.7 Å². The lowest BCUT2D eigenvalue weighted by Crippen LogP contribution is -2.19. The molecule has 9 heteroatoms. The van der Waals surface area contributed by atoms with Crippen molar-refractivity contribution < 1.29 is 14.8 Å². The van der Waals surface area contributed by atoms with Gasteiger partial charge in [-0.25, -0.2) is 4.99 Å². The van der Waals surface area contributed by atoms with E-state index in [1.54, 1.807) is 0 Å². The maximum absolute atomic E-state index is 12.1. The van der Waals surface area contributed by atoms with Crippen LogP contribution < -0.4 is 5.32 Å². The zero-order valence-electron chi connectivity index (χ0n) is 13.4. The summed E-state index contributed by atoms with van der Waals surface area (Å²) in [5.41, 5.74) is 1.79. The van der Waals surface area contributed by atoms with Crippen LogP contribution in [0.15, 0.2) is 50.8 Å². The molecule has 0 spiro atoms. The maximum atomic E-state index is 12.1.